The summed E-state index contributed by atoms with van der Waals surface area (Å²) in [5.41, 5.74) is 1.44. The van der Waals surface area contributed by atoms with Crippen LogP contribution in [0.1, 0.15) is 11.9 Å². The van der Waals surface area contributed by atoms with Crippen LogP contribution in [0.5, 0.6) is 5.75 Å². The van der Waals surface area contributed by atoms with E-state index >= 15 is 0 Å². The van der Waals surface area contributed by atoms with Gasteiger partial charge in [-0.05, 0) is 36.4 Å². The molecular formula is C22H19ClF2N6O3. The van der Waals surface area contributed by atoms with E-state index in [9.17, 15) is 8.78 Å². The Bertz CT molecular complexity index is 1280. The first-order valence-corrected chi connectivity index (χ1v) is 10.8. The Balaban J connectivity index is 1.41. The van der Waals surface area contributed by atoms with Crippen molar-refractivity contribution < 1.29 is 22.8 Å². The maximum Gasteiger partial charge on any atom is 0.387 e. The molecule has 1 aliphatic rings. The van der Waals surface area contributed by atoms with Gasteiger partial charge in [-0.1, -0.05) is 28.9 Å². The lowest BCUT2D eigenvalue weighted by molar-refractivity contribution is -0.0498. The van der Waals surface area contributed by atoms with E-state index in [0.29, 0.717) is 53.8 Å². The zero-order valence-corrected chi connectivity index (χ0v) is 18.7. The van der Waals surface area contributed by atoms with Crippen molar-refractivity contribution in [1.82, 2.24) is 24.9 Å². The van der Waals surface area contributed by atoms with Crippen LogP contribution in [0.3, 0.4) is 0 Å². The zero-order valence-electron chi connectivity index (χ0n) is 17.9. The smallest absolute Gasteiger partial charge is 0.387 e. The van der Waals surface area contributed by atoms with Crippen molar-refractivity contribution in [3.63, 3.8) is 0 Å². The molecule has 2 aromatic carbocycles. The van der Waals surface area contributed by atoms with Gasteiger partial charge >= 0.3 is 6.61 Å². The molecule has 1 fully saturated rings. The summed E-state index contributed by atoms with van der Waals surface area (Å²) in [5, 5.41) is 13.3. The lowest BCUT2D eigenvalue weighted by Crippen LogP contribution is -2.41. The van der Waals surface area contributed by atoms with Crippen molar-refractivity contribution in [2.75, 3.05) is 24.7 Å². The van der Waals surface area contributed by atoms with Crippen molar-refractivity contribution in [3.05, 3.63) is 59.4 Å². The molecule has 2 aromatic heterocycles. The highest BCUT2D eigenvalue weighted by Crippen LogP contribution is 2.31. The highest BCUT2D eigenvalue weighted by Gasteiger charge is 2.33. The standard InChI is InChI=1S/C22H19ClF2N6O3/c1-30-19(13-5-7-16(8-6-13)33-21(24)25)27-28-22(30)31-9-10-32-12-17(31)20-26-18(29-34-20)14-3-2-4-15(23)11-14/h2-8,11,17,21H,9-10,12H2,1H3. The van der Waals surface area contributed by atoms with E-state index in [4.69, 9.17) is 20.9 Å². The van der Waals surface area contributed by atoms with E-state index in [0.717, 1.165) is 5.56 Å². The topological polar surface area (TPSA) is 91.3 Å². The number of ether oxygens (including phenoxy) is 2. The second kappa shape index (κ2) is 9.35. The van der Waals surface area contributed by atoms with Gasteiger partial charge in [0.1, 0.15) is 11.8 Å². The molecule has 1 atom stereocenters. The highest BCUT2D eigenvalue weighted by atomic mass is 35.5. The molecule has 1 aliphatic heterocycles. The first-order valence-electron chi connectivity index (χ1n) is 10.4. The summed E-state index contributed by atoms with van der Waals surface area (Å²) in [6.45, 7) is -1.52. The number of aromatic nitrogens is 5. The van der Waals surface area contributed by atoms with Gasteiger partial charge in [0, 0.05) is 29.7 Å². The number of alkyl halides is 2. The highest BCUT2D eigenvalue weighted by molar-refractivity contribution is 6.30. The summed E-state index contributed by atoms with van der Waals surface area (Å²) in [5.74, 6) is 2.02. The Kier molecular flexibility index (Phi) is 6.12. The molecule has 9 nitrogen and oxygen atoms in total. The van der Waals surface area contributed by atoms with Gasteiger partial charge in [-0.25, -0.2) is 0 Å². The quantitative estimate of drug-likeness (QED) is 0.395. The number of hydrogen-bond donors (Lipinski definition) is 0. The number of hydrogen-bond acceptors (Lipinski definition) is 8. The van der Waals surface area contributed by atoms with Crippen LogP contribution in [0, 0.1) is 0 Å². The van der Waals surface area contributed by atoms with Crippen LogP contribution in [-0.4, -0.2) is 51.3 Å². The minimum absolute atomic E-state index is 0.0706. The number of morpholine rings is 1. The predicted molar refractivity (Wildman–Crippen MR) is 119 cm³/mol. The third kappa shape index (κ3) is 4.44. The molecule has 176 valence electrons. The van der Waals surface area contributed by atoms with Gasteiger partial charge < -0.3 is 18.9 Å². The second-order valence-electron chi connectivity index (χ2n) is 7.54. The van der Waals surface area contributed by atoms with Crippen molar-refractivity contribution in [2.45, 2.75) is 12.7 Å². The van der Waals surface area contributed by atoms with Gasteiger partial charge in [-0.15, -0.1) is 10.2 Å². The molecule has 0 radical (unpaired) electrons. The van der Waals surface area contributed by atoms with Crippen LogP contribution in [0.2, 0.25) is 5.02 Å². The van der Waals surface area contributed by atoms with Crippen molar-refractivity contribution in [3.8, 4) is 28.5 Å². The summed E-state index contributed by atoms with van der Waals surface area (Å²) in [6, 6.07) is 13.1. The first-order chi connectivity index (χ1) is 16.5. The van der Waals surface area contributed by atoms with Crippen LogP contribution in [0.25, 0.3) is 22.8 Å². The van der Waals surface area contributed by atoms with Gasteiger partial charge in [0.05, 0.1) is 13.2 Å². The van der Waals surface area contributed by atoms with Crippen molar-refractivity contribution >= 4 is 17.5 Å². The largest absolute Gasteiger partial charge is 0.435 e. The average Bonchev–Trinajstić information content (AvgIpc) is 3.47. The Morgan fingerprint density at radius 1 is 1.12 bits per heavy atom. The lowest BCUT2D eigenvalue weighted by Gasteiger charge is -2.33. The molecule has 0 spiro atoms. The van der Waals surface area contributed by atoms with Gasteiger partial charge in [-0.2, -0.15) is 13.8 Å². The molecule has 1 saturated heterocycles. The Morgan fingerprint density at radius 2 is 1.94 bits per heavy atom. The maximum absolute atomic E-state index is 12.4. The van der Waals surface area contributed by atoms with Crippen molar-refractivity contribution in [1.29, 1.82) is 0 Å². The minimum atomic E-state index is -2.88. The summed E-state index contributed by atoms with van der Waals surface area (Å²) >= 11 is 6.08. The van der Waals surface area contributed by atoms with E-state index in [-0.39, 0.29) is 11.8 Å². The van der Waals surface area contributed by atoms with E-state index in [1.807, 2.05) is 28.6 Å². The number of benzene rings is 2. The van der Waals surface area contributed by atoms with E-state index in [1.165, 1.54) is 12.1 Å². The monoisotopic (exact) mass is 488 g/mol. The molecule has 0 saturated carbocycles. The van der Waals surface area contributed by atoms with Gasteiger partial charge in [0.25, 0.3) is 5.89 Å². The van der Waals surface area contributed by atoms with Crippen LogP contribution < -0.4 is 9.64 Å². The molecule has 12 heteroatoms. The summed E-state index contributed by atoms with van der Waals surface area (Å²) in [6.07, 6.45) is 0. The number of anilines is 1. The molecule has 0 aliphatic carbocycles. The van der Waals surface area contributed by atoms with Crippen LogP contribution in [-0.2, 0) is 11.8 Å². The molecular weight excluding hydrogens is 470 g/mol. The predicted octanol–water partition coefficient (Wildman–Crippen LogP) is 4.36. The molecule has 4 aromatic rings. The third-order valence-corrected chi connectivity index (χ3v) is 5.62. The summed E-state index contributed by atoms with van der Waals surface area (Å²) in [4.78, 5) is 6.55. The number of rotatable bonds is 6. The van der Waals surface area contributed by atoms with E-state index < -0.39 is 6.61 Å². The molecule has 0 N–H and O–H groups in total. The Labute approximate surface area is 197 Å². The van der Waals surface area contributed by atoms with Crippen molar-refractivity contribution in [2.24, 2.45) is 7.05 Å². The van der Waals surface area contributed by atoms with Crippen LogP contribution in [0.15, 0.2) is 53.1 Å². The SMILES string of the molecule is Cn1c(-c2ccc(OC(F)F)cc2)nnc1N1CCOCC1c1nc(-c2cccc(Cl)c2)no1. The maximum atomic E-state index is 12.4. The molecule has 34 heavy (non-hydrogen) atoms. The minimum Gasteiger partial charge on any atom is -0.435 e. The second-order valence-corrected chi connectivity index (χ2v) is 7.97. The van der Waals surface area contributed by atoms with Crippen LogP contribution in [0.4, 0.5) is 14.7 Å². The molecule has 3 heterocycles. The molecule has 0 bridgehead atoms. The van der Waals surface area contributed by atoms with Crippen LogP contribution >= 0.6 is 11.6 Å². The van der Waals surface area contributed by atoms with Gasteiger partial charge in [0.15, 0.2) is 5.82 Å². The summed E-state index contributed by atoms with van der Waals surface area (Å²) < 4.78 is 42.3. The average molecular weight is 489 g/mol. The third-order valence-electron chi connectivity index (χ3n) is 5.38. The van der Waals surface area contributed by atoms with E-state index in [1.54, 1.807) is 24.3 Å². The molecule has 0 amide bonds. The fourth-order valence-electron chi connectivity index (χ4n) is 3.77. The number of halogens is 3. The zero-order chi connectivity index (χ0) is 23.7. The fraction of sp³-hybridized carbons (Fsp3) is 0.273. The first kappa shape index (κ1) is 22.2. The Morgan fingerprint density at radius 3 is 2.71 bits per heavy atom. The fourth-order valence-corrected chi connectivity index (χ4v) is 3.96. The Hall–Kier alpha value is -3.57. The lowest BCUT2D eigenvalue weighted by atomic mass is 10.2. The van der Waals surface area contributed by atoms with Gasteiger partial charge in [0.2, 0.25) is 11.8 Å². The summed E-state index contributed by atoms with van der Waals surface area (Å²) in [7, 11) is 1.83. The molecule has 5 rings (SSSR count). The number of nitrogens with zero attached hydrogens (tertiary/aromatic N) is 6. The molecule has 1 unspecified atom stereocenters. The van der Waals surface area contributed by atoms with Gasteiger partial charge in [-0.3, -0.25) is 4.57 Å². The normalized spacial score (nSPS) is 16.3. The van der Waals surface area contributed by atoms with E-state index in [2.05, 4.69) is 25.1 Å².